The molecule has 2 aromatic rings. The summed E-state index contributed by atoms with van der Waals surface area (Å²) in [6.45, 7) is 2.16. The molecule has 2 rings (SSSR count). The highest BCUT2D eigenvalue weighted by molar-refractivity contribution is 7.20. The number of fused-ring (bicyclic) bond motifs is 1. The molecule has 0 fully saturated rings. The maximum atomic E-state index is 11.5. The van der Waals surface area contributed by atoms with Gasteiger partial charge < -0.3 is 4.74 Å². The third-order valence-electron chi connectivity index (χ3n) is 2.73. The van der Waals surface area contributed by atoms with Gasteiger partial charge in [0, 0.05) is 10.1 Å². The summed E-state index contributed by atoms with van der Waals surface area (Å²) in [6, 6.07) is 8.04. The zero-order valence-corrected chi connectivity index (χ0v) is 11.4. The highest BCUT2D eigenvalue weighted by Gasteiger charge is 2.11. The summed E-state index contributed by atoms with van der Waals surface area (Å²) in [5.74, 6) is -0.264. The molecule has 18 heavy (non-hydrogen) atoms. The summed E-state index contributed by atoms with van der Waals surface area (Å²) < 4.78 is 5.88. The van der Waals surface area contributed by atoms with Crippen LogP contribution in [0.25, 0.3) is 16.2 Å². The first kappa shape index (κ1) is 12.8. The zero-order valence-electron chi connectivity index (χ0n) is 10.6. The predicted octanol–water partition coefficient (Wildman–Crippen LogP) is 4.50. The number of carbonyl (C=O) groups excluding carboxylic acids is 1. The van der Waals surface area contributed by atoms with E-state index in [1.165, 1.54) is 18.4 Å². The first-order valence-electron chi connectivity index (χ1n) is 6.03. The Bertz CT molecular complexity index is 581. The second-order valence-corrected chi connectivity index (χ2v) is 5.14. The molecule has 2 nitrogen and oxygen atoms in total. The lowest BCUT2D eigenvalue weighted by atomic mass is 10.1. The van der Waals surface area contributed by atoms with Crippen molar-refractivity contribution in [2.75, 3.05) is 7.11 Å². The molecule has 1 heterocycles. The van der Waals surface area contributed by atoms with Crippen molar-refractivity contribution in [3.05, 3.63) is 40.8 Å². The number of allylic oxidation sites excluding steroid dienone is 1. The molecule has 1 aromatic heterocycles. The average molecular weight is 260 g/mol. The molecule has 0 unspecified atom stereocenters. The van der Waals surface area contributed by atoms with Crippen molar-refractivity contribution in [2.45, 2.75) is 19.8 Å². The fourth-order valence-corrected chi connectivity index (χ4v) is 2.82. The number of benzene rings is 1. The van der Waals surface area contributed by atoms with Gasteiger partial charge in [-0.05, 0) is 24.1 Å². The van der Waals surface area contributed by atoms with E-state index >= 15 is 0 Å². The fourth-order valence-electron chi connectivity index (χ4n) is 1.81. The third-order valence-corrected chi connectivity index (χ3v) is 3.81. The Kier molecular flexibility index (Phi) is 4.15. The van der Waals surface area contributed by atoms with E-state index in [4.69, 9.17) is 4.74 Å². The molecule has 3 heteroatoms. The van der Waals surface area contributed by atoms with Crippen LogP contribution in [0.1, 0.15) is 35.0 Å². The number of ether oxygens (including phenoxy) is 1. The number of unbranched alkanes of at least 4 members (excludes halogenated alkanes) is 1. The summed E-state index contributed by atoms with van der Waals surface area (Å²) in [7, 11) is 1.41. The predicted molar refractivity (Wildman–Crippen MR) is 77.1 cm³/mol. The minimum absolute atomic E-state index is 0.264. The quantitative estimate of drug-likeness (QED) is 0.756. The van der Waals surface area contributed by atoms with Gasteiger partial charge >= 0.3 is 5.97 Å². The van der Waals surface area contributed by atoms with E-state index < -0.39 is 0 Å². The molecule has 0 aliphatic rings. The largest absolute Gasteiger partial charge is 0.465 e. The van der Waals surface area contributed by atoms with E-state index in [2.05, 4.69) is 25.1 Å². The van der Waals surface area contributed by atoms with Gasteiger partial charge in [0.05, 0.1) is 7.11 Å². The van der Waals surface area contributed by atoms with Crippen molar-refractivity contribution in [3.63, 3.8) is 0 Å². The van der Waals surface area contributed by atoms with Crippen LogP contribution in [0.15, 0.2) is 30.3 Å². The number of methoxy groups -OCH3 is 1. The van der Waals surface area contributed by atoms with E-state index in [0.29, 0.717) is 4.88 Å². The van der Waals surface area contributed by atoms with Gasteiger partial charge in [-0.2, -0.15) is 0 Å². The molecular weight excluding hydrogens is 244 g/mol. The smallest absolute Gasteiger partial charge is 0.348 e. The monoisotopic (exact) mass is 260 g/mol. The first-order valence-corrected chi connectivity index (χ1v) is 6.85. The summed E-state index contributed by atoms with van der Waals surface area (Å²) in [4.78, 5) is 12.2. The molecule has 0 aliphatic heterocycles. The van der Waals surface area contributed by atoms with E-state index in [-0.39, 0.29) is 5.97 Å². The van der Waals surface area contributed by atoms with Crippen LogP contribution in [0, 0.1) is 0 Å². The molecule has 0 aliphatic carbocycles. The highest BCUT2D eigenvalue weighted by atomic mass is 32.1. The first-order chi connectivity index (χ1) is 8.76. The van der Waals surface area contributed by atoms with E-state index in [0.717, 1.165) is 28.5 Å². The minimum atomic E-state index is -0.264. The Morgan fingerprint density at radius 3 is 3.00 bits per heavy atom. The topological polar surface area (TPSA) is 26.3 Å². The minimum Gasteiger partial charge on any atom is -0.465 e. The summed E-state index contributed by atoms with van der Waals surface area (Å²) >= 11 is 1.47. The zero-order chi connectivity index (χ0) is 13.0. The average Bonchev–Trinajstić information content (AvgIpc) is 2.83. The number of hydrogen-bond donors (Lipinski definition) is 0. The Morgan fingerprint density at radius 1 is 1.44 bits per heavy atom. The van der Waals surface area contributed by atoms with Crippen LogP contribution >= 0.6 is 11.3 Å². The number of esters is 1. The Balaban J connectivity index is 2.42. The summed E-state index contributed by atoms with van der Waals surface area (Å²) in [5, 5.41) is 1.12. The molecule has 1 aromatic carbocycles. The molecule has 0 atom stereocenters. The molecular formula is C15H16O2S. The van der Waals surface area contributed by atoms with Gasteiger partial charge in [-0.1, -0.05) is 37.6 Å². The molecule has 0 N–H and O–H groups in total. The number of carbonyl (C=O) groups is 1. The van der Waals surface area contributed by atoms with Crippen molar-refractivity contribution in [2.24, 2.45) is 0 Å². The summed E-state index contributed by atoms with van der Waals surface area (Å²) in [6.07, 6.45) is 6.51. The fraction of sp³-hybridized carbons (Fsp3) is 0.267. The normalized spacial score (nSPS) is 11.2. The lowest BCUT2D eigenvalue weighted by molar-refractivity contribution is 0.0606. The number of thiophene rings is 1. The SMILES string of the molecule is CCCC=Cc1cccc2sc(C(=O)OC)cc12. The number of hydrogen-bond acceptors (Lipinski definition) is 3. The van der Waals surface area contributed by atoms with E-state index in [1.54, 1.807) is 0 Å². The van der Waals surface area contributed by atoms with Gasteiger partial charge in [0.25, 0.3) is 0 Å². The van der Waals surface area contributed by atoms with Crippen molar-refractivity contribution in [1.82, 2.24) is 0 Å². The van der Waals surface area contributed by atoms with E-state index in [1.807, 2.05) is 18.2 Å². The van der Waals surface area contributed by atoms with Gasteiger partial charge in [-0.3, -0.25) is 0 Å². The van der Waals surface area contributed by atoms with Crippen LogP contribution in [0.5, 0.6) is 0 Å². The van der Waals surface area contributed by atoms with Crippen molar-refractivity contribution >= 4 is 33.5 Å². The van der Waals surface area contributed by atoms with Crippen LogP contribution in [0.4, 0.5) is 0 Å². The highest BCUT2D eigenvalue weighted by Crippen LogP contribution is 2.29. The lowest BCUT2D eigenvalue weighted by Gasteiger charge is -1.95. The Morgan fingerprint density at radius 2 is 2.28 bits per heavy atom. The molecule has 0 saturated heterocycles. The molecule has 94 valence electrons. The molecule has 0 radical (unpaired) electrons. The van der Waals surface area contributed by atoms with Crippen LogP contribution in [-0.4, -0.2) is 13.1 Å². The van der Waals surface area contributed by atoms with Crippen LogP contribution in [0.3, 0.4) is 0 Å². The maximum absolute atomic E-state index is 11.5. The van der Waals surface area contributed by atoms with Crippen LogP contribution in [0.2, 0.25) is 0 Å². The van der Waals surface area contributed by atoms with Gasteiger partial charge in [0.1, 0.15) is 4.88 Å². The second kappa shape index (κ2) is 5.83. The van der Waals surface area contributed by atoms with Crippen molar-refractivity contribution in [1.29, 1.82) is 0 Å². The van der Waals surface area contributed by atoms with Crippen molar-refractivity contribution in [3.8, 4) is 0 Å². The third kappa shape index (κ3) is 2.62. The molecule has 0 bridgehead atoms. The van der Waals surface area contributed by atoms with Crippen LogP contribution in [-0.2, 0) is 4.74 Å². The Hall–Kier alpha value is -1.61. The Labute approximate surface area is 111 Å². The van der Waals surface area contributed by atoms with Gasteiger partial charge in [-0.15, -0.1) is 11.3 Å². The van der Waals surface area contributed by atoms with Gasteiger partial charge in [-0.25, -0.2) is 4.79 Å². The van der Waals surface area contributed by atoms with Crippen LogP contribution < -0.4 is 0 Å². The molecule has 0 saturated carbocycles. The molecule has 0 spiro atoms. The second-order valence-electron chi connectivity index (χ2n) is 4.05. The number of rotatable bonds is 4. The molecule has 0 amide bonds. The van der Waals surface area contributed by atoms with Crippen molar-refractivity contribution < 1.29 is 9.53 Å². The van der Waals surface area contributed by atoms with E-state index in [9.17, 15) is 4.79 Å². The summed E-state index contributed by atoms with van der Waals surface area (Å²) in [5.41, 5.74) is 1.16. The lowest BCUT2D eigenvalue weighted by Crippen LogP contribution is -1.96. The standard InChI is InChI=1S/C15H16O2S/c1-3-4-5-7-11-8-6-9-13-12(11)10-14(18-13)15(16)17-2/h5-10H,3-4H2,1-2H3. The van der Waals surface area contributed by atoms with Gasteiger partial charge in [0.15, 0.2) is 0 Å². The van der Waals surface area contributed by atoms with Gasteiger partial charge in [0.2, 0.25) is 0 Å². The maximum Gasteiger partial charge on any atom is 0.348 e.